The number of hydrogen-bond acceptors (Lipinski definition) is 4. The number of nitrogens with zero attached hydrogens (tertiary/aromatic N) is 1. The van der Waals surface area contributed by atoms with Gasteiger partial charge in [0.2, 0.25) is 0 Å². The van der Waals surface area contributed by atoms with Gasteiger partial charge in [-0.05, 0) is 6.42 Å². The molecule has 0 heterocycles. The Morgan fingerprint density at radius 2 is 2.00 bits per heavy atom. The number of hydrogen-bond donors (Lipinski definition) is 2. The second kappa shape index (κ2) is 10.6. The van der Waals surface area contributed by atoms with E-state index < -0.39 is 12.0 Å². The van der Waals surface area contributed by atoms with E-state index in [1.807, 2.05) is 6.92 Å². The number of nitrogens with one attached hydrogen (secondary N) is 1. The number of ether oxygens (including phenoxy) is 2. The van der Waals surface area contributed by atoms with Gasteiger partial charge in [0.1, 0.15) is 6.54 Å². The Balaban J connectivity index is 4.44. The monoisotopic (exact) mass is 276 g/mol. The summed E-state index contributed by atoms with van der Waals surface area (Å²) >= 11 is 0. The summed E-state index contributed by atoms with van der Waals surface area (Å²) in [4.78, 5) is 23.9. The highest BCUT2D eigenvalue weighted by molar-refractivity contribution is 5.80. The normalized spacial score (nSPS) is 11.9. The van der Waals surface area contributed by atoms with Gasteiger partial charge < -0.3 is 24.8 Å². The van der Waals surface area contributed by atoms with Crippen molar-refractivity contribution in [2.75, 3.05) is 40.5 Å². The van der Waals surface area contributed by atoms with Gasteiger partial charge in [0, 0.05) is 20.8 Å². The molecule has 0 aromatic carbocycles. The Kier molecular flexibility index (Phi) is 9.82. The lowest BCUT2D eigenvalue weighted by Crippen LogP contribution is -2.49. The number of aliphatic carboxylic acids is 1. The number of carboxylic acid groups (broad SMARTS) is 1. The number of rotatable bonds is 10. The van der Waals surface area contributed by atoms with Crippen LogP contribution in [-0.2, 0) is 14.3 Å². The first-order valence-electron chi connectivity index (χ1n) is 6.30. The Morgan fingerprint density at radius 3 is 2.47 bits per heavy atom. The Labute approximate surface area is 113 Å². The molecule has 0 aliphatic heterocycles. The average Bonchev–Trinajstić information content (AvgIpc) is 2.34. The minimum absolute atomic E-state index is 0.110. The highest BCUT2D eigenvalue weighted by Gasteiger charge is 2.19. The molecule has 0 saturated heterocycles. The van der Waals surface area contributed by atoms with Crippen LogP contribution in [-0.4, -0.2) is 68.6 Å². The largest absolute Gasteiger partial charge is 0.480 e. The van der Waals surface area contributed by atoms with E-state index in [2.05, 4.69) is 5.32 Å². The summed E-state index contributed by atoms with van der Waals surface area (Å²) in [5.74, 6) is -1.05. The lowest BCUT2D eigenvalue weighted by atomic mass is 10.2. The van der Waals surface area contributed by atoms with Gasteiger partial charge >= 0.3 is 12.0 Å². The van der Waals surface area contributed by atoms with Crippen molar-refractivity contribution in [3.63, 3.8) is 0 Å². The van der Waals surface area contributed by atoms with Gasteiger partial charge in [-0.25, -0.2) is 4.79 Å². The highest BCUT2D eigenvalue weighted by Crippen LogP contribution is 1.99. The number of methoxy groups -OCH3 is 2. The fourth-order valence-corrected chi connectivity index (χ4v) is 1.63. The van der Waals surface area contributed by atoms with Crippen molar-refractivity contribution in [2.45, 2.75) is 25.8 Å². The van der Waals surface area contributed by atoms with E-state index in [4.69, 9.17) is 14.6 Å². The first-order chi connectivity index (χ1) is 9.04. The summed E-state index contributed by atoms with van der Waals surface area (Å²) in [6.45, 7) is 2.60. The topological polar surface area (TPSA) is 88.1 Å². The Morgan fingerprint density at radius 1 is 1.32 bits per heavy atom. The molecule has 0 aromatic rings. The third-order valence-corrected chi connectivity index (χ3v) is 2.51. The van der Waals surface area contributed by atoms with Crippen LogP contribution in [0, 0.1) is 0 Å². The predicted octanol–water partition coefficient (Wildman–Crippen LogP) is 0.544. The number of carbonyl (C=O) groups is 2. The minimum Gasteiger partial charge on any atom is -0.480 e. The summed E-state index contributed by atoms with van der Waals surface area (Å²) in [6, 6.07) is -0.517. The molecule has 0 fully saturated rings. The lowest BCUT2D eigenvalue weighted by Gasteiger charge is -2.24. The van der Waals surface area contributed by atoms with E-state index in [9.17, 15) is 9.59 Å². The number of amides is 2. The molecule has 112 valence electrons. The van der Waals surface area contributed by atoms with Crippen molar-refractivity contribution < 1.29 is 24.2 Å². The summed E-state index contributed by atoms with van der Waals surface area (Å²) < 4.78 is 9.89. The molecule has 2 N–H and O–H groups in total. The Hall–Kier alpha value is -1.34. The molecular formula is C12H24N2O5. The van der Waals surface area contributed by atoms with Gasteiger partial charge in [0.15, 0.2) is 0 Å². The number of carboxylic acids is 1. The van der Waals surface area contributed by atoms with Gasteiger partial charge in [-0.2, -0.15) is 0 Å². The minimum atomic E-state index is -1.05. The first-order valence-corrected chi connectivity index (χ1v) is 6.30. The summed E-state index contributed by atoms with van der Waals surface area (Å²) in [5, 5.41) is 11.6. The number of carbonyl (C=O) groups excluding carboxylic acids is 1. The van der Waals surface area contributed by atoms with E-state index in [1.165, 1.54) is 12.0 Å². The van der Waals surface area contributed by atoms with Gasteiger partial charge in [-0.3, -0.25) is 4.79 Å². The molecule has 7 heteroatoms. The highest BCUT2D eigenvalue weighted by atomic mass is 16.5. The van der Waals surface area contributed by atoms with Gasteiger partial charge in [0.25, 0.3) is 0 Å². The van der Waals surface area contributed by atoms with E-state index in [0.717, 1.165) is 12.8 Å². The number of urea groups is 1. The van der Waals surface area contributed by atoms with E-state index in [1.54, 1.807) is 7.11 Å². The van der Waals surface area contributed by atoms with Crippen LogP contribution in [0.15, 0.2) is 0 Å². The molecule has 7 nitrogen and oxygen atoms in total. The molecule has 19 heavy (non-hydrogen) atoms. The average molecular weight is 276 g/mol. The third kappa shape index (κ3) is 8.39. The molecule has 0 radical (unpaired) electrons. The Bertz CT molecular complexity index is 267. The molecule has 0 bridgehead atoms. The molecule has 0 aliphatic carbocycles. The molecule has 0 saturated carbocycles. The van der Waals surface area contributed by atoms with Crippen molar-refractivity contribution in [3.8, 4) is 0 Å². The van der Waals surface area contributed by atoms with Crippen molar-refractivity contribution in [3.05, 3.63) is 0 Å². The zero-order valence-corrected chi connectivity index (χ0v) is 11.8. The molecule has 0 aromatic heterocycles. The van der Waals surface area contributed by atoms with Crippen LogP contribution in [0.1, 0.15) is 19.8 Å². The summed E-state index contributed by atoms with van der Waals surface area (Å²) in [6.07, 6.45) is 1.69. The van der Waals surface area contributed by atoms with Gasteiger partial charge in [-0.15, -0.1) is 0 Å². The molecular weight excluding hydrogens is 252 g/mol. The molecule has 2 amide bonds. The van der Waals surface area contributed by atoms with Crippen molar-refractivity contribution in [2.24, 2.45) is 0 Å². The second-order valence-corrected chi connectivity index (χ2v) is 4.20. The zero-order valence-electron chi connectivity index (χ0n) is 11.8. The quantitative estimate of drug-likeness (QED) is 0.608. The maximum absolute atomic E-state index is 12.0. The van der Waals surface area contributed by atoms with Crippen molar-refractivity contribution in [1.82, 2.24) is 10.2 Å². The van der Waals surface area contributed by atoms with Crippen LogP contribution in [0.2, 0.25) is 0 Å². The maximum atomic E-state index is 12.0. The van der Waals surface area contributed by atoms with E-state index >= 15 is 0 Å². The first kappa shape index (κ1) is 17.7. The molecule has 1 unspecified atom stereocenters. The maximum Gasteiger partial charge on any atom is 0.323 e. The lowest BCUT2D eigenvalue weighted by molar-refractivity contribution is -0.137. The molecule has 1 atom stereocenters. The SMILES string of the molecule is CCCC(COC)NC(=O)N(CCOC)CC(=O)O. The predicted molar refractivity (Wildman–Crippen MR) is 70.2 cm³/mol. The fraction of sp³-hybridized carbons (Fsp3) is 0.833. The van der Waals surface area contributed by atoms with E-state index in [-0.39, 0.29) is 19.1 Å². The fourth-order valence-electron chi connectivity index (χ4n) is 1.63. The third-order valence-electron chi connectivity index (χ3n) is 2.51. The van der Waals surface area contributed by atoms with E-state index in [0.29, 0.717) is 13.2 Å². The van der Waals surface area contributed by atoms with Gasteiger partial charge in [0.05, 0.1) is 19.3 Å². The van der Waals surface area contributed by atoms with Crippen LogP contribution in [0.5, 0.6) is 0 Å². The zero-order chi connectivity index (χ0) is 14.7. The smallest absolute Gasteiger partial charge is 0.323 e. The van der Waals surface area contributed by atoms with Crippen LogP contribution in [0.4, 0.5) is 4.79 Å². The second-order valence-electron chi connectivity index (χ2n) is 4.20. The van der Waals surface area contributed by atoms with Gasteiger partial charge in [-0.1, -0.05) is 13.3 Å². The van der Waals surface area contributed by atoms with Crippen molar-refractivity contribution in [1.29, 1.82) is 0 Å². The summed E-state index contributed by atoms with van der Waals surface area (Å²) in [5.41, 5.74) is 0. The van der Waals surface area contributed by atoms with Crippen molar-refractivity contribution >= 4 is 12.0 Å². The van der Waals surface area contributed by atoms with Crippen LogP contribution >= 0.6 is 0 Å². The molecule has 0 spiro atoms. The van der Waals surface area contributed by atoms with Crippen LogP contribution in [0.25, 0.3) is 0 Å². The van der Waals surface area contributed by atoms with Crippen LogP contribution in [0.3, 0.4) is 0 Å². The standard InChI is InChI=1S/C12H24N2O5/c1-4-5-10(9-19-3)13-12(17)14(6-7-18-2)8-11(15)16/h10H,4-9H2,1-3H3,(H,13,17)(H,15,16). The molecule has 0 rings (SSSR count). The summed E-state index contributed by atoms with van der Waals surface area (Å²) in [7, 11) is 3.07. The molecule has 0 aliphatic rings. The van der Waals surface area contributed by atoms with Crippen LogP contribution < -0.4 is 5.32 Å².